The molecule has 0 saturated carbocycles. The molecule has 6 rings (SSSR count). The summed E-state index contributed by atoms with van der Waals surface area (Å²) >= 11 is -0.826. The summed E-state index contributed by atoms with van der Waals surface area (Å²) in [6.07, 6.45) is 4.50. The second kappa shape index (κ2) is 22.2. The maximum absolute atomic E-state index is 4.93. The molecule has 0 bridgehead atoms. The van der Waals surface area contributed by atoms with Crippen LogP contribution in [0, 0.1) is 0 Å². The second-order valence-corrected chi connectivity index (χ2v) is 22.0. The average Bonchev–Trinajstić information content (AvgIpc) is 3.82. The molecule has 4 heteroatoms. The van der Waals surface area contributed by atoms with Crippen LogP contribution in [0.2, 0.25) is 13.1 Å². The van der Waals surface area contributed by atoms with Gasteiger partial charge in [0.25, 0.3) is 0 Å². The Hall–Kier alpha value is -2.22. The number of benzene rings is 4. The molecule has 0 aliphatic heterocycles. The Morgan fingerprint density at radius 2 is 0.893 bits per heavy atom. The van der Waals surface area contributed by atoms with E-state index < -0.39 is 20.8 Å². The van der Waals surface area contributed by atoms with Crippen LogP contribution in [0.15, 0.2) is 97.1 Å². The normalized spacial score (nSPS) is 12.4. The van der Waals surface area contributed by atoms with Crippen molar-refractivity contribution in [3.05, 3.63) is 130 Å². The van der Waals surface area contributed by atoms with Gasteiger partial charge >= 0.3 is 37.9 Å². The fraction of sp³-hybridized carbons (Fsp3) is 0.423. The van der Waals surface area contributed by atoms with Crippen molar-refractivity contribution in [2.24, 2.45) is 0 Å². The first-order valence-corrected chi connectivity index (χ1v) is 29.1. The molecule has 0 nitrogen and oxygen atoms in total. The van der Waals surface area contributed by atoms with Crippen LogP contribution in [0.4, 0.5) is 0 Å². The van der Waals surface area contributed by atoms with Crippen LogP contribution in [0.5, 0.6) is 0 Å². The van der Waals surface area contributed by atoms with Gasteiger partial charge in [-0.3, -0.25) is 0 Å². The molecule has 2 unspecified atom stereocenters. The van der Waals surface area contributed by atoms with E-state index in [1.165, 1.54) is 90.0 Å². The van der Waals surface area contributed by atoms with Gasteiger partial charge in [0.15, 0.2) is 0 Å². The summed E-state index contributed by atoms with van der Waals surface area (Å²) in [6.45, 7) is 32.0. The number of hydrogen-bond donors (Lipinski definition) is 0. The van der Waals surface area contributed by atoms with Gasteiger partial charge < -0.3 is 0 Å². The van der Waals surface area contributed by atoms with Crippen molar-refractivity contribution in [3.8, 4) is 22.3 Å². The Bertz CT molecular complexity index is 1950. The molecule has 0 aliphatic rings. The van der Waals surface area contributed by atoms with E-state index in [-0.39, 0.29) is 10.8 Å². The third kappa shape index (κ3) is 11.9. The zero-order valence-corrected chi connectivity index (χ0v) is 41.9. The van der Waals surface area contributed by atoms with Gasteiger partial charge in [0.1, 0.15) is 0 Å². The molecule has 6 aromatic carbocycles. The van der Waals surface area contributed by atoms with E-state index in [1.54, 1.807) is 0 Å². The molecule has 0 heterocycles. The topological polar surface area (TPSA) is 0 Å². The molecular weight excluding hydrogens is 815 g/mol. The molecular formula is C52H68Cl2SiZr. The van der Waals surface area contributed by atoms with E-state index in [4.69, 9.17) is 17.0 Å². The van der Waals surface area contributed by atoms with Crippen LogP contribution in [0.1, 0.15) is 141 Å². The van der Waals surface area contributed by atoms with Crippen LogP contribution in [-0.2, 0) is 44.5 Å². The van der Waals surface area contributed by atoms with Gasteiger partial charge in [-0.15, -0.1) is 69.1 Å². The zero-order chi connectivity index (χ0) is 41.8. The Morgan fingerprint density at radius 1 is 0.571 bits per heavy atom. The molecule has 0 saturated heterocycles. The van der Waals surface area contributed by atoms with Gasteiger partial charge in [-0.1, -0.05) is 180 Å². The first kappa shape index (κ1) is 48.2. The summed E-state index contributed by atoms with van der Waals surface area (Å²) in [6, 6.07) is 36.9. The fourth-order valence-electron chi connectivity index (χ4n) is 7.63. The van der Waals surface area contributed by atoms with Crippen molar-refractivity contribution in [1.82, 2.24) is 0 Å². The van der Waals surface area contributed by atoms with Gasteiger partial charge in [0.05, 0.1) is 0 Å². The van der Waals surface area contributed by atoms with E-state index >= 15 is 0 Å². The zero-order valence-electron chi connectivity index (χ0n) is 37.0. The Morgan fingerprint density at radius 3 is 1.18 bits per heavy atom. The Labute approximate surface area is 363 Å². The summed E-state index contributed by atoms with van der Waals surface area (Å²) in [5.74, 6) is 1.22. The minimum atomic E-state index is -0.826. The number of fused-ring (bicyclic) bond motifs is 2. The predicted octanol–water partition coefficient (Wildman–Crippen LogP) is 17.4. The quantitative estimate of drug-likeness (QED) is 0.106. The van der Waals surface area contributed by atoms with Gasteiger partial charge in [-0.25, -0.2) is 0 Å². The molecule has 0 fully saturated rings. The molecule has 0 spiro atoms. The summed E-state index contributed by atoms with van der Waals surface area (Å²) in [5.41, 5.74) is 14.6. The van der Waals surface area contributed by atoms with E-state index in [9.17, 15) is 0 Å². The Kier molecular flexibility index (Phi) is 19.1. The van der Waals surface area contributed by atoms with Crippen molar-refractivity contribution in [3.63, 3.8) is 0 Å². The van der Waals surface area contributed by atoms with Crippen LogP contribution in [0.3, 0.4) is 0 Å². The van der Waals surface area contributed by atoms with Crippen LogP contribution < -0.4 is 0 Å². The van der Waals surface area contributed by atoms with Gasteiger partial charge in [0, 0.05) is 9.52 Å². The third-order valence-electron chi connectivity index (χ3n) is 11.1. The minimum absolute atomic E-state index is 0.123. The van der Waals surface area contributed by atoms with Crippen LogP contribution >= 0.6 is 17.0 Å². The number of aryl methyl sites for hydroxylation is 2. The second-order valence-electron chi connectivity index (χ2n) is 17.3. The summed E-state index contributed by atoms with van der Waals surface area (Å²) < 4.78 is 0. The Balaban J connectivity index is 0.000000264. The van der Waals surface area contributed by atoms with E-state index in [1.807, 2.05) is 0 Å². The van der Waals surface area contributed by atoms with Crippen LogP contribution in [-0.4, -0.2) is 9.52 Å². The maximum atomic E-state index is 4.93. The average molecular weight is 883 g/mol. The van der Waals surface area contributed by atoms with Crippen molar-refractivity contribution in [2.45, 2.75) is 145 Å². The molecule has 56 heavy (non-hydrogen) atoms. The molecule has 298 valence electrons. The molecule has 0 amide bonds. The van der Waals surface area contributed by atoms with Crippen molar-refractivity contribution in [1.29, 1.82) is 0 Å². The molecule has 0 aliphatic carbocycles. The standard InChI is InChI=1S/2C25H31.C2H6Si.2ClH.Zr/c2*1-7-17(3)20-15-19-13-14-23(25(4,5)6)24(22(19)16-20)21-12-10-9-11-18(21)8-2;1-3-2;;;/h2*9-17H,7-8H2,1-6H3;1-2H3;2*1H;/q2*-1;;;;+4/p-2. The monoisotopic (exact) mass is 880 g/mol. The molecule has 0 N–H and O–H groups in total. The third-order valence-corrected chi connectivity index (χ3v) is 11.1. The van der Waals surface area contributed by atoms with Crippen molar-refractivity contribution < 1.29 is 20.8 Å². The summed E-state index contributed by atoms with van der Waals surface area (Å²) in [5, 5.41) is 5.60. The molecule has 2 radical (unpaired) electrons. The first-order valence-electron chi connectivity index (χ1n) is 20.7. The molecule has 0 aromatic heterocycles. The molecule has 2 atom stereocenters. The van der Waals surface area contributed by atoms with Crippen molar-refractivity contribution in [2.75, 3.05) is 0 Å². The van der Waals surface area contributed by atoms with E-state index in [2.05, 4.69) is 193 Å². The summed E-state index contributed by atoms with van der Waals surface area (Å²) in [4.78, 5) is 0. The first-order chi connectivity index (χ1) is 26.6. The molecule has 6 aromatic rings. The number of rotatable bonds is 8. The fourth-order valence-corrected chi connectivity index (χ4v) is 7.63. The number of hydrogen-bond acceptors (Lipinski definition) is 0. The summed E-state index contributed by atoms with van der Waals surface area (Å²) in [7, 11) is 11.0. The van der Waals surface area contributed by atoms with E-state index in [0.29, 0.717) is 11.8 Å². The van der Waals surface area contributed by atoms with E-state index in [0.717, 1.165) is 22.4 Å². The van der Waals surface area contributed by atoms with Crippen molar-refractivity contribution >= 4 is 48.1 Å². The van der Waals surface area contributed by atoms with Gasteiger partial charge in [-0.2, -0.15) is 12.1 Å². The van der Waals surface area contributed by atoms with Crippen LogP contribution in [0.25, 0.3) is 43.8 Å². The SMILES string of the molecule is CCc1ccccc1-c1c(C(C)(C)C)ccc2[cH-]c(C(C)CC)cc12.CCc1ccccc1-c1c(C(C)(C)C)ccc2[cH-]c(C(C)CC)cc12.C[Si]C.[Cl][Zr+2][Cl]. The predicted molar refractivity (Wildman–Crippen MR) is 253 cm³/mol. The van der Waals surface area contributed by atoms with Gasteiger partial charge in [-0.05, 0) is 57.8 Å². The van der Waals surface area contributed by atoms with Gasteiger partial charge in [0.2, 0.25) is 0 Å². The number of halogens is 2.